The molecule has 0 atom stereocenters. The first kappa shape index (κ1) is 22.8. The first-order valence-electron chi connectivity index (χ1n) is 11.6. The molecule has 2 aliphatic heterocycles. The van der Waals surface area contributed by atoms with E-state index in [1.807, 2.05) is 19.9 Å². The molecule has 0 spiro atoms. The van der Waals surface area contributed by atoms with Crippen LogP contribution in [-0.4, -0.2) is 46.7 Å². The van der Waals surface area contributed by atoms with E-state index in [0.29, 0.717) is 28.4 Å². The molecule has 2 heterocycles. The monoisotopic (exact) mass is 445 g/mol. The van der Waals surface area contributed by atoms with Crippen LogP contribution in [0.15, 0.2) is 60.3 Å². The highest BCUT2D eigenvalue weighted by molar-refractivity contribution is 6.35. The van der Waals surface area contributed by atoms with E-state index >= 15 is 0 Å². The zero-order valence-electron chi connectivity index (χ0n) is 19.5. The topological polar surface area (TPSA) is 69.7 Å². The zero-order chi connectivity index (χ0) is 23.5. The molecular weight excluding hydrogens is 414 g/mol. The Morgan fingerprint density at radius 1 is 0.970 bits per heavy atom. The van der Waals surface area contributed by atoms with E-state index in [0.717, 1.165) is 32.4 Å². The van der Waals surface area contributed by atoms with E-state index in [1.165, 1.54) is 17.4 Å². The molecule has 2 aromatic rings. The molecule has 6 heteroatoms. The van der Waals surface area contributed by atoms with E-state index in [4.69, 9.17) is 0 Å². The third-order valence-corrected chi connectivity index (χ3v) is 6.40. The van der Waals surface area contributed by atoms with Crippen LogP contribution in [0.2, 0.25) is 0 Å². The van der Waals surface area contributed by atoms with E-state index in [-0.39, 0.29) is 23.8 Å². The molecule has 0 bridgehead atoms. The number of hydrogen-bond acceptors (Lipinski definition) is 4. The minimum Gasteiger partial charge on any atom is -0.366 e. The molecular formula is C27H31N3O3. The Labute approximate surface area is 195 Å². The average molecular weight is 446 g/mol. The average Bonchev–Trinajstić information content (AvgIpc) is 3.05. The maximum atomic E-state index is 13.4. The van der Waals surface area contributed by atoms with Crippen LogP contribution >= 0.6 is 0 Å². The molecule has 1 fully saturated rings. The Hall–Kier alpha value is -3.41. The Morgan fingerprint density at radius 3 is 2.18 bits per heavy atom. The first-order valence-corrected chi connectivity index (χ1v) is 11.6. The van der Waals surface area contributed by atoms with Gasteiger partial charge in [-0.15, -0.1) is 0 Å². The highest BCUT2D eigenvalue weighted by atomic mass is 16.2. The normalized spacial score (nSPS) is 17.3. The zero-order valence-corrected chi connectivity index (χ0v) is 19.5. The van der Waals surface area contributed by atoms with Crippen LogP contribution in [-0.2, 0) is 20.8 Å². The lowest BCUT2D eigenvalue weighted by Gasteiger charge is -2.34. The summed E-state index contributed by atoms with van der Waals surface area (Å²) in [6.45, 7) is 6.69. The van der Waals surface area contributed by atoms with E-state index in [9.17, 15) is 14.4 Å². The summed E-state index contributed by atoms with van der Waals surface area (Å²) in [5, 5.41) is 2.74. The number of amides is 3. The van der Waals surface area contributed by atoms with Gasteiger partial charge in [-0.2, -0.15) is 0 Å². The quantitative estimate of drug-likeness (QED) is 0.680. The van der Waals surface area contributed by atoms with Gasteiger partial charge in [0.15, 0.2) is 0 Å². The molecule has 3 amide bonds. The lowest BCUT2D eigenvalue weighted by molar-refractivity contribution is -0.139. The molecule has 6 nitrogen and oxygen atoms in total. The third kappa shape index (κ3) is 4.85. The van der Waals surface area contributed by atoms with Crippen molar-refractivity contribution in [3.63, 3.8) is 0 Å². The van der Waals surface area contributed by atoms with E-state index in [1.54, 1.807) is 24.3 Å². The molecule has 33 heavy (non-hydrogen) atoms. The molecule has 0 aliphatic carbocycles. The fourth-order valence-electron chi connectivity index (χ4n) is 4.79. The lowest BCUT2D eigenvalue weighted by atomic mass is 9.89. The number of piperidine rings is 1. The van der Waals surface area contributed by atoms with Crippen molar-refractivity contribution in [2.75, 3.05) is 18.4 Å². The van der Waals surface area contributed by atoms with Crippen LogP contribution in [0.5, 0.6) is 0 Å². The maximum absolute atomic E-state index is 13.4. The SMILES string of the molecule is CC(=O)Nc1ccc(C2=C(N3CCC(Cc4ccccc4)CC3)C(=O)N(C(C)C)C2=O)cc1. The summed E-state index contributed by atoms with van der Waals surface area (Å²) in [5.74, 6) is -0.0432. The summed E-state index contributed by atoms with van der Waals surface area (Å²) in [6.07, 6.45) is 3.00. The molecule has 0 aromatic heterocycles. The number of nitrogens with zero attached hydrogens (tertiary/aromatic N) is 2. The fourth-order valence-corrected chi connectivity index (χ4v) is 4.79. The fraction of sp³-hybridized carbons (Fsp3) is 0.370. The van der Waals surface area contributed by atoms with Gasteiger partial charge in [0.1, 0.15) is 5.70 Å². The van der Waals surface area contributed by atoms with Crippen LogP contribution in [0.1, 0.15) is 44.7 Å². The number of hydrogen-bond donors (Lipinski definition) is 1. The minimum atomic E-state index is -0.247. The standard InChI is InChI=1S/C27H31N3O3/c1-18(2)30-26(32)24(22-9-11-23(12-10-22)28-19(3)31)25(27(30)33)29-15-13-21(14-16-29)17-20-7-5-4-6-8-20/h4-12,18,21H,13-17H2,1-3H3,(H,28,31). The van der Waals surface area contributed by atoms with Crippen LogP contribution < -0.4 is 5.32 Å². The van der Waals surface area contributed by atoms with Gasteiger partial charge in [0.25, 0.3) is 11.8 Å². The summed E-state index contributed by atoms with van der Waals surface area (Å²) in [7, 11) is 0. The summed E-state index contributed by atoms with van der Waals surface area (Å²) in [5.41, 5.74) is 3.68. The van der Waals surface area contributed by atoms with Crippen molar-refractivity contribution in [1.29, 1.82) is 0 Å². The molecule has 172 valence electrons. The van der Waals surface area contributed by atoms with Crippen LogP contribution in [0, 0.1) is 5.92 Å². The van der Waals surface area contributed by atoms with Gasteiger partial charge in [0.2, 0.25) is 5.91 Å². The van der Waals surface area contributed by atoms with Crippen molar-refractivity contribution in [2.45, 2.75) is 46.1 Å². The Kier molecular flexibility index (Phi) is 6.63. The van der Waals surface area contributed by atoms with Crippen molar-refractivity contribution in [2.24, 2.45) is 5.92 Å². The van der Waals surface area contributed by atoms with Gasteiger partial charge in [-0.05, 0) is 62.3 Å². The molecule has 0 unspecified atom stereocenters. The number of imide groups is 1. The molecule has 1 saturated heterocycles. The van der Waals surface area contributed by atoms with Gasteiger partial charge in [-0.25, -0.2) is 0 Å². The molecule has 2 aliphatic rings. The summed E-state index contributed by atoms with van der Waals surface area (Å²) >= 11 is 0. The highest BCUT2D eigenvalue weighted by Crippen LogP contribution is 2.35. The van der Waals surface area contributed by atoms with Crippen molar-refractivity contribution in [1.82, 2.24) is 9.80 Å². The third-order valence-electron chi connectivity index (χ3n) is 6.40. The second-order valence-corrected chi connectivity index (χ2v) is 9.18. The molecule has 1 N–H and O–H groups in total. The number of likely N-dealkylation sites (tertiary alicyclic amines) is 1. The number of nitrogens with one attached hydrogen (secondary N) is 1. The smallest absolute Gasteiger partial charge is 0.278 e. The molecule has 0 radical (unpaired) electrons. The summed E-state index contributed by atoms with van der Waals surface area (Å²) in [4.78, 5) is 41.5. The van der Waals surface area contributed by atoms with Gasteiger partial charge in [-0.1, -0.05) is 42.5 Å². The van der Waals surface area contributed by atoms with Gasteiger partial charge >= 0.3 is 0 Å². The van der Waals surface area contributed by atoms with Crippen molar-refractivity contribution in [3.8, 4) is 0 Å². The Morgan fingerprint density at radius 2 is 1.61 bits per heavy atom. The van der Waals surface area contributed by atoms with E-state index < -0.39 is 0 Å². The van der Waals surface area contributed by atoms with Crippen LogP contribution in [0.25, 0.3) is 5.57 Å². The lowest BCUT2D eigenvalue weighted by Crippen LogP contribution is -2.41. The van der Waals surface area contributed by atoms with Crippen LogP contribution in [0.4, 0.5) is 5.69 Å². The van der Waals surface area contributed by atoms with Gasteiger partial charge in [0, 0.05) is 31.7 Å². The number of carbonyl (C=O) groups is 3. The van der Waals surface area contributed by atoms with Crippen LogP contribution in [0.3, 0.4) is 0 Å². The minimum absolute atomic E-state index is 0.154. The largest absolute Gasteiger partial charge is 0.366 e. The number of anilines is 1. The van der Waals surface area contributed by atoms with Gasteiger partial charge < -0.3 is 10.2 Å². The second kappa shape index (κ2) is 9.61. The molecule has 2 aromatic carbocycles. The highest BCUT2D eigenvalue weighted by Gasteiger charge is 2.43. The summed E-state index contributed by atoms with van der Waals surface area (Å²) in [6, 6.07) is 17.4. The molecule has 4 rings (SSSR count). The van der Waals surface area contributed by atoms with Crippen molar-refractivity contribution < 1.29 is 14.4 Å². The van der Waals surface area contributed by atoms with Crippen molar-refractivity contribution in [3.05, 3.63) is 71.4 Å². The second-order valence-electron chi connectivity index (χ2n) is 9.18. The first-order chi connectivity index (χ1) is 15.8. The number of benzene rings is 2. The maximum Gasteiger partial charge on any atom is 0.278 e. The van der Waals surface area contributed by atoms with Gasteiger partial charge in [-0.3, -0.25) is 19.3 Å². The van der Waals surface area contributed by atoms with Gasteiger partial charge in [0.05, 0.1) is 5.57 Å². The van der Waals surface area contributed by atoms with E-state index in [2.05, 4.69) is 34.5 Å². The Balaban J connectivity index is 1.58. The number of carbonyl (C=O) groups excluding carboxylic acids is 3. The number of rotatable bonds is 6. The van der Waals surface area contributed by atoms with Crippen molar-refractivity contribution >= 4 is 29.0 Å². The predicted octanol–water partition coefficient (Wildman–Crippen LogP) is 4.09. The molecule has 0 saturated carbocycles. The summed E-state index contributed by atoms with van der Waals surface area (Å²) < 4.78 is 0. The Bertz CT molecular complexity index is 1070. The predicted molar refractivity (Wildman–Crippen MR) is 129 cm³/mol.